The Morgan fingerprint density at radius 3 is 2.50 bits per heavy atom. The van der Waals surface area contributed by atoms with Gasteiger partial charge in [-0.2, -0.15) is 12.6 Å². The lowest BCUT2D eigenvalue weighted by atomic mass is 10.1. The highest BCUT2D eigenvalue weighted by Crippen LogP contribution is 2.09. The van der Waals surface area contributed by atoms with E-state index >= 15 is 0 Å². The van der Waals surface area contributed by atoms with Gasteiger partial charge in [-0.05, 0) is 18.4 Å². The van der Waals surface area contributed by atoms with Crippen molar-refractivity contribution in [3.05, 3.63) is 35.9 Å². The van der Waals surface area contributed by atoms with Gasteiger partial charge in [-0.15, -0.1) is 11.6 Å². The second kappa shape index (κ2) is 5.50. The van der Waals surface area contributed by atoms with E-state index in [1.807, 2.05) is 6.07 Å². The van der Waals surface area contributed by atoms with Gasteiger partial charge in [-0.25, -0.2) is 0 Å². The largest absolute Gasteiger partial charge is 0.178 e. The van der Waals surface area contributed by atoms with E-state index in [-0.39, 0.29) is 5.38 Å². The third kappa shape index (κ3) is 3.51. The molecule has 1 aromatic rings. The lowest BCUT2D eigenvalue weighted by Crippen LogP contribution is -2.01. The minimum absolute atomic E-state index is 0.202. The Balaban J connectivity index is 2.33. The fourth-order valence-corrected chi connectivity index (χ4v) is 1.35. The zero-order valence-electron chi connectivity index (χ0n) is 6.91. The number of benzene rings is 1. The average Bonchev–Trinajstić information content (AvgIpc) is 2.16. The standard InChI is InChI=1S/C10H13ClS/c11-10(8-12)7-6-9-4-2-1-3-5-9/h1-5,10,12H,6-8H2. The van der Waals surface area contributed by atoms with Crippen molar-refractivity contribution >= 4 is 24.2 Å². The van der Waals surface area contributed by atoms with Crippen LogP contribution in [0.1, 0.15) is 12.0 Å². The minimum Gasteiger partial charge on any atom is -0.178 e. The van der Waals surface area contributed by atoms with E-state index in [2.05, 4.69) is 36.9 Å². The molecule has 0 nitrogen and oxygen atoms in total. The Morgan fingerprint density at radius 2 is 1.92 bits per heavy atom. The van der Waals surface area contributed by atoms with E-state index in [0.717, 1.165) is 18.6 Å². The first-order valence-electron chi connectivity index (χ1n) is 4.12. The van der Waals surface area contributed by atoms with Gasteiger partial charge in [0.15, 0.2) is 0 Å². The van der Waals surface area contributed by atoms with Gasteiger partial charge >= 0.3 is 0 Å². The van der Waals surface area contributed by atoms with Gasteiger partial charge in [0.05, 0.1) is 0 Å². The normalized spacial score (nSPS) is 12.8. The highest BCUT2D eigenvalue weighted by Gasteiger charge is 2.01. The maximum atomic E-state index is 5.94. The van der Waals surface area contributed by atoms with Crippen LogP contribution in [0.25, 0.3) is 0 Å². The first kappa shape index (κ1) is 9.94. The molecule has 66 valence electrons. The summed E-state index contributed by atoms with van der Waals surface area (Å²) in [6.07, 6.45) is 2.06. The van der Waals surface area contributed by atoms with Crippen LogP contribution in [0, 0.1) is 0 Å². The smallest absolute Gasteiger partial charge is 0.0427 e. The van der Waals surface area contributed by atoms with Crippen molar-refractivity contribution in [3.8, 4) is 0 Å². The van der Waals surface area contributed by atoms with Crippen LogP contribution in [0.5, 0.6) is 0 Å². The molecule has 1 rings (SSSR count). The highest BCUT2D eigenvalue weighted by molar-refractivity contribution is 7.80. The van der Waals surface area contributed by atoms with Crippen molar-refractivity contribution < 1.29 is 0 Å². The molecule has 0 saturated carbocycles. The summed E-state index contributed by atoms with van der Waals surface area (Å²) in [7, 11) is 0. The molecule has 2 heteroatoms. The molecule has 0 aromatic heterocycles. The van der Waals surface area contributed by atoms with Gasteiger partial charge in [-0.3, -0.25) is 0 Å². The summed E-state index contributed by atoms with van der Waals surface area (Å²) in [5, 5.41) is 0.202. The zero-order chi connectivity index (χ0) is 8.81. The average molecular weight is 201 g/mol. The predicted octanol–water partition coefficient (Wildman–Crippen LogP) is 3.16. The number of alkyl halides is 1. The molecule has 0 bridgehead atoms. The van der Waals surface area contributed by atoms with Crippen molar-refractivity contribution in [1.29, 1.82) is 0 Å². The van der Waals surface area contributed by atoms with Gasteiger partial charge in [0.2, 0.25) is 0 Å². The first-order chi connectivity index (χ1) is 5.83. The van der Waals surface area contributed by atoms with Crippen LogP contribution in [-0.4, -0.2) is 11.1 Å². The topological polar surface area (TPSA) is 0 Å². The maximum absolute atomic E-state index is 5.94. The van der Waals surface area contributed by atoms with Crippen molar-refractivity contribution in [2.75, 3.05) is 5.75 Å². The SMILES string of the molecule is SCC(Cl)CCc1ccccc1. The van der Waals surface area contributed by atoms with Crippen molar-refractivity contribution in [2.24, 2.45) is 0 Å². The van der Waals surface area contributed by atoms with E-state index in [4.69, 9.17) is 11.6 Å². The van der Waals surface area contributed by atoms with E-state index in [0.29, 0.717) is 0 Å². The van der Waals surface area contributed by atoms with Crippen molar-refractivity contribution in [1.82, 2.24) is 0 Å². The molecule has 0 N–H and O–H groups in total. The Morgan fingerprint density at radius 1 is 1.25 bits per heavy atom. The lowest BCUT2D eigenvalue weighted by Gasteiger charge is -2.04. The molecular weight excluding hydrogens is 188 g/mol. The van der Waals surface area contributed by atoms with Crippen LogP contribution >= 0.6 is 24.2 Å². The number of aryl methyl sites for hydroxylation is 1. The van der Waals surface area contributed by atoms with Crippen LogP contribution in [0.4, 0.5) is 0 Å². The third-order valence-corrected chi connectivity index (χ3v) is 2.82. The molecule has 1 unspecified atom stereocenters. The van der Waals surface area contributed by atoms with Crippen LogP contribution in [0.15, 0.2) is 30.3 Å². The molecule has 1 aromatic carbocycles. The van der Waals surface area contributed by atoms with Gasteiger partial charge in [0.25, 0.3) is 0 Å². The molecule has 0 heterocycles. The summed E-state index contributed by atoms with van der Waals surface area (Å²) in [5.41, 5.74) is 1.35. The molecule has 0 fully saturated rings. The number of halogens is 1. The molecule has 0 radical (unpaired) electrons. The zero-order valence-corrected chi connectivity index (χ0v) is 8.56. The molecule has 0 aliphatic rings. The second-order valence-corrected chi connectivity index (χ2v) is 3.79. The summed E-state index contributed by atoms with van der Waals surface area (Å²) in [4.78, 5) is 0. The van der Waals surface area contributed by atoms with E-state index in [9.17, 15) is 0 Å². The highest BCUT2D eigenvalue weighted by atomic mass is 35.5. The Kier molecular flexibility index (Phi) is 4.55. The third-order valence-electron chi connectivity index (χ3n) is 1.79. The summed E-state index contributed by atoms with van der Waals surface area (Å²) in [6, 6.07) is 10.4. The van der Waals surface area contributed by atoms with Gasteiger partial charge in [-0.1, -0.05) is 30.3 Å². The number of rotatable bonds is 4. The number of thiol groups is 1. The van der Waals surface area contributed by atoms with Gasteiger partial charge in [0.1, 0.15) is 0 Å². The van der Waals surface area contributed by atoms with Gasteiger partial charge in [0, 0.05) is 11.1 Å². The van der Waals surface area contributed by atoms with Crippen LogP contribution in [0.2, 0.25) is 0 Å². The first-order valence-corrected chi connectivity index (χ1v) is 5.18. The molecule has 0 spiro atoms. The Bertz CT molecular complexity index is 210. The quantitative estimate of drug-likeness (QED) is 0.560. The molecule has 0 amide bonds. The summed E-state index contributed by atoms with van der Waals surface area (Å²) >= 11 is 10.1. The fourth-order valence-electron chi connectivity index (χ4n) is 1.06. The Labute approximate surface area is 84.3 Å². The molecule has 0 saturated heterocycles. The van der Waals surface area contributed by atoms with E-state index in [1.165, 1.54) is 5.56 Å². The molecule has 1 atom stereocenters. The molecule has 12 heavy (non-hydrogen) atoms. The predicted molar refractivity (Wildman–Crippen MR) is 58.3 cm³/mol. The lowest BCUT2D eigenvalue weighted by molar-refractivity contribution is 0.812. The minimum atomic E-state index is 0.202. The Hall–Kier alpha value is -0.140. The fraction of sp³-hybridized carbons (Fsp3) is 0.400. The summed E-state index contributed by atoms with van der Waals surface area (Å²) in [5.74, 6) is 0.758. The van der Waals surface area contributed by atoms with Crippen LogP contribution in [0.3, 0.4) is 0 Å². The van der Waals surface area contributed by atoms with E-state index < -0.39 is 0 Å². The van der Waals surface area contributed by atoms with Crippen LogP contribution < -0.4 is 0 Å². The van der Waals surface area contributed by atoms with Gasteiger partial charge < -0.3 is 0 Å². The summed E-state index contributed by atoms with van der Waals surface area (Å²) in [6.45, 7) is 0. The van der Waals surface area contributed by atoms with Crippen LogP contribution in [-0.2, 0) is 6.42 Å². The maximum Gasteiger partial charge on any atom is 0.0427 e. The molecule has 0 aliphatic carbocycles. The van der Waals surface area contributed by atoms with E-state index in [1.54, 1.807) is 0 Å². The second-order valence-electron chi connectivity index (χ2n) is 2.80. The number of hydrogen-bond acceptors (Lipinski definition) is 1. The number of hydrogen-bond donors (Lipinski definition) is 1. The summed E-state index contributed by atoms with van der Waals surface area (Å²) < 4.78 is 0. The molecular formula is C10H13ClS. The molecule has 0 aliphatic heterocycles. The monoisotopic (exact) mass is 200 g/mol. The van der Waals surface area contributed by atoms with Crippen molar-refractivity contribution in [2.45, 2.75) is 18.2 Å². The van der Waals surface area contributed by atoms with Crippen molar-refractivity contribution in [3.63, 3.8) is 0 Å².